The number of hydrogen-bond acceptors (Lipinski definition) is 4. The van der Waals surface area contributed by atoms with Crippen LogP contribution < -0.4 is 10.1 Å². The second-order valence-corrected chi connectivity index (χ2v) is 9.94. The van der Waals surface area contributed by atoms with Crippen molar-refractivity contribution in [3.63, 3.8) is 0 Å². The number of fused-ring (bicyclic) bond motifs is 4. The van der Waals surface area contributed by atoms with Crippen LogP contribution in [-0.2, 0) is 17.3 Å². The van der Waals surface area contributed by atoms with E-state index >= 15 is 0 Å². The minimum atomic E-state index is -0.386. The number of aliphatic hydroxyl groups is 1. The lowest BCUT2D eigenvalue weighted by atomic mass is 9.68. The first-order chi connectivity index (χ1) is 15.9. The minimum absolute atomic E-state index is 0.0499. The number of hydrogen-bond donors (Lipinski definition) is 2. The molecule has 1 saturated heterocycles. The highest BCUT2D eigenvalue weighted by molar-refractivity contribution is 5.90. The highest BCUT2D eigenvalue weighted by Gasteiger charge is 2.55. The molecule has 1 aliphatic carbocycles. The van der Waals surface area contributed by atoms with E-state index in [4.69, 9.17) is 4.74 Å². The van der Waals surface area contributed by atoms with Crippen LogP contribution in [0.2, 0.25) is 0 Å². The highest BCUT2D eigenvalue weighted by atomic mass is 16.5. The lowest BCUT2D eigenvalue weighted by Gasteiger charge is -2.56. The molecule has 2 N–H and O–H groups in total. The summed E-state index contributed by atoms with van der Waals surface area (Å²) in [5, 5.41) is 14.5. The Morgan fingerprint density at radius 1 is 1.24 bits per heavy atom. The number of aliphatic hydroxyl groups excluding tert-OH is 1. The number of amides is 3. The van der Waals surface area contributed by atoms with Crippen LogP contribution in [0, 0.1) is 5.92 Å². The van der Waals surface area contributed by atoms with Gasteiger partial charge in [-0.25, -0.2) is 4.79 Å². The second kappa shape index (κ2) is 8.24. The number of ether oxygens (including phenoxy) is 1. The zero-order valence-corrected chi connectivity index (χ0v) is 19.8. The van der Waals surface area contributed by atoms with E-state index in [1.165, 1.54) is 0 Å². The number of carbonyl (C=O) groups excluding carboxylic acids is 2. The van der Waals surface area contributed by atoms with Crippen molar-refractivity contribution in [2.45, 2.75) is 44.1 Å². The van der Waals surface area contributed by atoms with Gasteiger partial charge in [-0.05, 0) is 42.9 Å². The molecule has 33 heavy (non-hydrogen) atoms. The molecule has 3 aliphatic rings. The number of carbonyl (C=O) groups is 2. The predicted molar refractivity (Wildman–Crippen MR) is 125 cm³/mol. The molecule has 2 aromatic rings. The average Bonchev–Trinajstić information content (AvgIpc) is 3.57. The molecule has 1 saturated carbocycles. The van der Waals surface area contributed by atoms with Gasteiger partial charge in [0.15, 0.2) is 0 Å². The molecule has 1 aromatic heterocycles. The molecule has 0 unspecified atom stereocenters. The Bertz CT molecular complexity index is 1080. The number of urea groups is 1. The molecule has 178 valence electrons. The zero-order chi connectivity index (χ0) is 23.3. The lowest BCUT2D eigenvalue weighted by molar-refractivity contribution is -0.138. The van der Waals surface area contributed by atoms with Crippen LogP contribution in [0.3, 0.4) is 0 Å². The third-order valence-electron chi connectivity index (χ3n) is 7.60. The maximum absolute atomic E-state index is 13.3. The molecule has 5 rings (SSSR count). The summed E-state index contributed by atoms with van der Waals surface area (Å²) in [7, 11) is 3.65. The first-order valence-electron chi connectivity index (χ1n) is 12.0. The molecule has 1 aromatic carbocycles. The van der Waals surface area contributed by atoms with Gasteiger partial charge in [0.1, 0.15) is 5.75 Å². The van der Waals surface area contributed by atoms with E-state index in [1.54, 1.807) is 7.11 Å². The molecule has 0 bridgehead atoms. The molecule has 1 spiro atoms. The van der Waals surface area contributed by atoms with Gasteiger partial charge in [-0.2, -0.15) is 0 Å². The van der Waals surface area contributed by atoms with E-state index in [9.17, 15) is 14.7 Å². The van der Waals surface area contributed by atoms with Crippen LogP contribution in [0.4, 0.5) is 4.79 Å². The van der Waals surface area contributed by atoms with Gasteiger partial charge in [0.25, 0.3) is 0 Å². The molecule has 8 heteroatoms. The summed E-state index contributed by atoms with van der Waals surface area (Å²) >= 11 is 0. The molecule has 8 nitrogen and oxygen atoms in total. The quantitative estimate of drug-likeness (QED) is 0.702. The first kappa shape index (κ1) is 22.1. The fourth-order valence-corrected chi connectivity index (χ4v) is 5.74. The molecule has 2 aliphatic heterocycles. The maximum Gasteiger partial charge on any atom is 0.317 e. The molecular weight excluding hydrogens is 420 g/mol. The Kier molecular flexibility index (Phi) is 5.51. The number of rotatable bonds is 6. The van der Waals surface area contributed by atoms with Crippen LogP contribution in [0.5, 0.6) is 5.75 Å². The average molecular weight is 455 g/mol. The SMILES string of the molecule is CCCNC(=O)N1CC2(C1)CN(C(=O)CC1CC1)[C@H](CO)c1c2c2ccc(OC)cc2n1C. The Labute approximate surface area is 194 Å². The van der Waals surface area contributed by atoms with Crippen molar-refractivity contribution in [1.82, 2.24) is 19.7 Å². The summed E-state index contributed by atoms with van der Waals surface area (Å²) in [6.07, 6.45) is 3.65. The molecular formula is C25H34N4O4. The van der Waals surface area contributed by atoms with Gasteiger partial charge in [0.2, 0.25) is 5.91 Å². The fraction of sp³-hybridized carbons (Fsp3) is 0.600. The van der Waals surface area contributed by atoms with Crippen molar-refractivity contribution in [1.29, 1.82) is 0 Å². The van der Waals surface area contributed by atoms with E-state index in [0.29, 0.717) is 38.5 Å². The van der Waals surface area contributed by atoms with Gasteiger partial charge in [0, 0.05) is 56.8 Å². The second-order valence-electron chi connectivity index (χ2n) is 9.94. The standard InChI is InChI=1S/C25H34N4O4/c1-4-9-26-24(32)28-13-25(14-28)15-29(21(31)10-16-5-6-16)20(12-30)23-22(25)18-8-7-17(33-3)11-19(18)27(23)2/h7-8,11,16,20,30H,4-6,9-10,12-15H2,1-3H3,(H,26,32)/t20-/m1/s1. The molecule has 0 radical (unpaired) electrons. The summed E-state index contributed by atoms with van der Waals surface area (Å²) in [6, 6.07) is 5.61. The van der Waals surface area contributed by atoms with Gasteiger partial charge in [0.05, 0.1) is 30.7 Å². The Morgan fingerprint density at radius 3 is 2.64 bits per heavy atom. The Balaban J connectivity index is 1.58. The third kappa shape index (κ3) is 3.55. The minimum Gasteiger partial charge on any atom is -0.497 e. The topological polar surface area (TPSA) is 87.0 Å². The molecule has 3 heterocycles. The molecule has 1 atom stereocenters. The van der Waals surface area contributed by atoms with Crippen molar-refractivity contribution in [2.24, 2.45) is 13.0 Å². The van der Waals surface area contributed by atoms with E-state index < -0.39 is 0 Å². The van der Waals surface area contributed by atoms with Crippen molar-refractivity contribution in [3.8, 4) is 5.75 Å². The Hall–Kier alpha value is -2.74. The fourth-order valence-electron chi connectivity index (χ4n) is 5.74. The number of likely N-dealkylation sites (tertiary alicyclic amines) is 1. The smallest absolute Gasteiger partial charge is 0.317 e. The van der Waals surface area contributed by atoms with E-state index in [-0.39, 0.29) is 30.0 Å². The third-order valence-corrected chi connectivity index (χ3v) is 7.60. The van der Waals surface area contributed by atoms with E-state index in [2.05, 4.69) is 16.0 Å². The lowest BCUT2D eigenvalue weighted by Crippen LogP contribution is -2.69. The molecule has 3 amide bonds. The monoisotopic (exact) mass is 454 g/mol. The van der Waals surface area contributed by atoms with Crippen molar-refractivity contribution in [2.75, 3.05) is 39.9 Å². The van der Waals surface area contributed by atoms with E-state index in [0.717, 1.165) is 47.2 Å². The van der Waals surface area contributed by atoms with Crippen molar-refractivity contribution < 1.29 is 19.4 Å². The first-order valence-corrected chi connectivity index (χ1v) is 12.0. The van der Waals surface area contributed by atoms with Crippen LogP contribution in [0.1, 0.15) is 49.9 Å². The summed E-state index contributed by atoms with van der Waals surface area (Å²) in [4.78, 5) is 29.7. The predicted octanol–water partition coefficient (Wildman–Crippen LogP) is 2.54. The number of nitrogens with one attached hydrogen (secondary N) is 1. The Morgan fingerprint density at radius 2 is 2.00 bits per heavy atom. The van der Waals surface area contributed by atoms with Crippen LogP contribution in [-0.4, -0.2) is 71.3 Å². The summed E-state index contributed by atoms with van der Waals surface area (Å²) < 4.78 is 7.57. The number of methoxy groups -OCH3 is 1. The van der Waals surface area contributed by atoms with Gasteiger partial charge in [-0.15, -0.1) is 0 Å². The van der Waals surface area contributed by atoms with Crippen LogP contribution >= 0.6 is 0 Å². The van der Waals surface area contributed by atoms with Crippen LogP contribution in [0.15, 0.2) is 18.2 Å². The number of aromatic nitrogens is 1. The van der Waals surface area contributed by atoms with Gasteiger partial charge in [-0.3, -0.25) is 4.79 Å². The van der Waals surface area contributed by atoms with Gasteiger partial charge >= 0.3 is 6.03 Å². The number of benzene rings is 1. The largest absolute Gasteiger partial charge is 0.497 e. The summed E-state index contributed by atoms with van der Waals surface area (Å²) in [6.45, 7) is 4.22. The highest BCUT2D eigenvalue weighted by Crippen LogP contribution is 2.50. The summed E-state index contributed by atoms with van der Waals surface area (Å²) in [5.74, 6) is 1.35. The maximum atomic E-state index is 13.3. The van der Waals surface area contributed by atoms with Gasteiger partial charge < -0.3 is 29.5 Å². The van der Waals surface area contributed by atoms with Crippen LogP contribution in [0.25, 0.3) is 10.9 Å². The zero-order valence-electron chi connectivity index (χ0n) is 19.8. The number of nitrogens with zero attached hydrogens (tertiary/aromatic N) is 3. The van der Waals surface area contributed by atoms with Crippen molar-refractivity contribution in [3.05, 3.63) is 29.5 Å². The van der Waals surface area contributed by atoms with Gasteiger partial charge in [-0.1, -0.05) is 6.92 Å². The summed E-state index contributed by atoms with van der Waals surface area (Å²) in [5.41, 5.74) is 2.82. The normalized spacial score (nSPS) is 21.2. The number of aryl methyl sites for hydroxylation is 1. The molecule has 2 fully saturated rings. The van der Waals surface area contributed by atoms with E-state index in [1.807, 2.05) is 35.9 Å². The van der Waals surface area contributed by atoms with Crippen molar-refractivity contribution >= 4 is 22.8 Å².